The summed E-state index contributed by atoms with van der Waals surface area (Å²) in [6.45, 7) is 6.69. The lowest BCUT2D eigenvalue weighted by Crippen LogP contribution is -2.39. The molecule has 1 aromatic heterocycles. The quantitative estimate of drug-likeness (QED) is 0.270. The Kier molecular flexibility index (Phi) is 9.25. The number of guanidine groups is 1. The highest BCUT2D eigenvalue weighted by atomic mass is 127. The molecule has 2 aromatic rings. The van der Waals surface area contributed by atoms with Crippen LogP contribution in [0.2, 0.25) is 0 Å². The summed E-state index contributed by atoms with van der Waals surface area (Å²) in [6.07, 6.45) is 7.17. The van der Waals surface area contributed by atoms with Gasteiger partial charge in [0, 0.05) is 38.4 Å². The third kappa shape index (κ3) is 6.16. The molecule has 3 rings (SSSR count). The zero-order valence-corrected chi connectivity index (χ0v) is 18.1. The highest BCUT2D eigenvalue weighted by Gasteiger charge is 2.10. The molecule has 1 aliphatic heterocycles. The van der Waals surface area contributed by atoms with E-state index in [4.69, 9.17) is 0 Å². The number of halogens is 1. The maximum absolute atomic E-state index is 4.32. The van der Waals surface area contributed by atoms with E-state index in [2.05, 4.69) is 61.6 Å². The molecule has 1 fully saturated rings. The summed E-state index contributed by atoms with van der Waals surface area (Å²) in [6, 6.07) is 10.7. The molecule has 1 aromatic carbocycles. The van der Waals surface area contributed by atoms with Crippen molar-refractivity contribution in [3.8, 4) is 0 Å². The van der Waals surface area contributed by atoms with E-state index in [1.54, 1.807) is 0 Å². The Bertz CT molecular complexity index is 676. The second kappa shape index (κ2) is 11.4. The summed E-state index contributed by atoms with van der Waals surface area (Å²) >= 11 is 0. The normalized spacial score (nSPS) is 15.2. The van der Waals surface area contributed by atoms with E-state index in [0.717, 1.165) is 32.0 Å². The average molecular weight is 469 g/mol. The molecule has 0 saturated carbocycles. The third-order valence-electron chi connectivity index (χ3n) is 4.91. The van der Waals surface area contributed by atoms with Crippen molar-refractivity contribution in [2.24, 2.45) is 4.99 Å². The Morgan fingerprint density at radius 2 is 1.69 bits per heavy atom. The molecule has 2 N–H and O–H groups in total. The highest BCUT2D eigenvalue weighted by Crippen LogP contribution is 2.15. The van der Waals surface area contributed by atoms with Crippen molar-refractivity contribution in [1.82, 2.24) is 20.1 Å². The van der Waals surface area contributed by atoms with Crippen molar-refractivity contribution < 1.29 is 0 Å². The van der Waals surface area contributed by atoms with E-state index in [-0.39, 0.29) is 24.0 Å². The third-order valence-corrected chi connectivity index (χ3v) is 4.91. The van der Waals surface area contributed by atoms with E-state index in [9.17, 15) is 0 Å². The van der Waals surface area contributed by atoms with Gasteiger partial charge < -0.3 is 20.1 Å². The number of nitrogens with one attached hydrogen (secondary N) is 2. The molecule has 1 saturated heterocycles. The Hall–Kier alpha value is -1.28. The fourth-order valence-electron chi connectivity index (χ4n) is 3.53. The first kappa shape index (κ1) is 21.0. The molecule has 0 amide bonds. The zero-order chi connectivity index (χ0) is 17.3. The van der Waals surface area contributed by atoms with Crippen LogP contribution in [0.1, 0.15) is 25.7 Å². The van der Waals surface area contributed by atoms with Gasteiger partial charge in [-0.25, -0.2) is 0 Å². The van der Waals surface area contributed by atoms with Gasteiger partial charge in [-0.1, -0.05) is 18.2 Å². The van der Waals surface area contributed by atoms with Gasteiger partial charge in [-0.3, -0.25) is 4.99 Å². The molecular weight excluding hydrogens is 437 g/mol. The predicted molar refractivity (Wildman–Crippen MR) is 122 cm³/mol. The van der Waals surface area contributed by atoms with Gasteiger partial charge in [-0.15, -0.1) is 24.0 Å². The molecule has 2 heterocycles. The summed E-state index contributed by atoms with van der Waals surface area (Å²) < 4.78 is 2.32. The van der Waals surface area contributed by atoms with Crippen LogP contribution in [0.15, 0.2) is 41.5 Å². The van der Waals surface area contributed by atoms with Crippen molar-refractivity contribution in [3.63, 3.8) is 0 Å². The topological polar surface area (TPSA) is 44.6 Å². The number of aliphatic imine (C=N–C) groups is 1. The van der Waals surface area contributed by atoms with Gasteiger partial charge >= 0.3 is 0 Å². The van der Waals surface area contributed by atoms with Crippen LogP contribution in [-0.4, -0.2) is 55.2 Å². The summed E-state index contributed by atoms with van der Waals surface area (Å²) in [4.78, 5) is 6.87. The van der Waals surface area contributed by atoms with Crippen LogP contribution < -0.4 is 10.6 Å². The fraction of sp³-hybridized carbons (Fsp3) is 0.550. The molecular formula is C20H32IN5. The van der Waals surface area contributed by atoms with E-state index in [1.165, 1.54) is 49.8 Å². The number of hydrogen-bond acceptors (Lipinski definition) is 2. The van der Waals surface area contributed by atoms with Crippen molar-refractivity contribution in [3.05, 3.63) is 36.5 Å². The molecule has 1 aliphatic rings. The maximum atomic E-state index is 4.32. The summed E-state index contributed by atoms with van der Waals surface area (Å²) in [7, 11) is 1.84. The van der Waals surface area contributed by atoms with Crippen LogP contribution in [-0.2, 0) is 6.54 Å². The summed E-state index contributed by atoms with van der Waals surface area (Å²) in [5, 5.41) is 8.15. The van der Waals surface area contributed by atoms with Gasteiger partial charge in [0.2, 0.25) is 0 Å². The first-order valence-electron chi connectivity index (χ1n) is 9.57. The van der Waals surface area contributed by atoms with Crippen molar-refractivity contribution in [2.45, 2.75) is 32.2 Å². The van der Waals surface area contributed by atoms with Gasteiger partial charge in [0.1, 0.15) is 0 Å². The number of aryl methyl sites for hydroxylation is 1. The minimum absolute atomic E-state index is 0. The first-order chi connectivity index (χ1) is 12.4. The predicted octanol–water partition coefficient (Wildman–Crippen LogP) is 3.30. The molecule has 0 bridgehead atoms. The Balaban J connectivity index is 0.00000243. The molecule has 0 aliphatic carbocycles. The molecule has 144 valence electrons. The number of aromatic nitrogens is 1. The monoisotopic (exact) mass is 469 g/mol. The van der Waals surface area contributed by atoms with E-state index < -0.39 is 0 Å². The minimum Gasteiger partial charge on any atom is -0.356 e. The van der Waals surface area contributed by atoms with Gasteiger partial charge in [-0.2, -0.15) is 0 Å². The maximum Gasteiger partial charge on any atom is 0.190 e. The molecule has 0 unspecified atom stereocenters. The lowest BCUT2D eigenvalue weighted by Gasteiger charge is -2.16. The smallest absolute Gasteiger partial charge is 0.190 e. The first-order valence-corrected chi connectivity index (χ1v) is 9.57. The largest absolute Gasteiger partial charge is 0.356 e. The van der Waals surface area contributed by atoms with E-state index in [0.29, 0.717) is 0 Å². The fourth-order valence-corrected chi connectivity index (χ4v) is 3.53. The van der Waals surface area contributed by atoms with Crippen LogP contribution in [0.5, 0.6) is 0 Å². The number of nitrogens with zero attached hydrogens (tertiary/aromatic N) is 3. The zero-order valence-electron chi connectivity index (χ0n) is 15.8. The molecule has 0 atom stereocenters. The minimum atomic E-state index is 0. The number of benzene rings is 1. The number of fused-ring (bicyclic) bond motifs is 1. The van der Waals surface area contributed by atoms with Gasteiger partial charge in [-0.05, 0) is 62.8 Å². The van der Waals surface area contributed by atoms with Crippen LogP contribution in [0.25, 0.3) is 10.9 Å². The van der Waals surface area contributed by atoms with Crippen LogP contribution in [0.3, 0.4) is 0 Å². The van der Waals surface area contributed by atoms with Crippen molar-refractivity contribution >= 4 is 40.8 Å². The average Bonchev–Trinajstić information content (AvgIpc) is 3.30. The van der Waals surface area contributed by atoms with Crippen molar-refractivity contribution in [1.29, 1.82) is 0 Å². The van der Waals surface area contributed by atoms with Crippen LogP contribution in [0.4, 0.5) is 0 Å². The SMILES string of the molecule is CN=C(NCCCN1CCCC1)NCCCn1ccc2ccccc21.I. The van der Waals surface area contributed by atoms with Crippen LogP contribution >= 0.6 is 24.0 Å². The van der Waals surface area contributed by atoms with Crippen molar-refractivity contribution in [2.75, 3.05) is 39.8 Å². The number of para-hydroxylation sites is 1. The van der Waals surface area contributed by atoms with E-state index >= 15 is 0 Å². The Morgan fingerprint density at radius 1 is 1.00 bits per heavy atom. The van der Waals surface area contributed by atoms with E-state index in [1.807, 2.05) is 7.05 Å². The number of rotatable bonds is 8. The van der Waals surface area contributed by atoms with Gasteiger partial charge in [0.15, 0.2) is 5.96 Å². The summed E-state index contributed by atoms with van der Waals surface area (Å²) in [5.41, 5.74) is 1.31. The van der Waals surface area contributed by atoms with Gasteiger partial charge in [0.05, 0.1) is 0 Å². The molecule has 5 nitrogen and oxygen atoms in total. The second-order valence-corrected chi connectivity index (χ2v) is 6.75. The number of likely N-dealkylation sites (tertiary alicyclic amines) is 1. The molecule has 26 heavy (non-hydrogen) atoms. The van der Waals surface area contributed by atoms with Gasteiger partial charge in [0.25, 0.3) is 0 Å². The molecule has 0 spiro atoms. The summed E-state index contributed by atoms with van der Waals surface area (Å²) in [5.74, 6) is 0.916. The lowest BCUT2D eigenvalue weighted by atomic mass is 10.2. The second-order valence-electron chi connectivity index (χ2n) is 6.75. The Morgan fingerprint density at radius 3 is 2.42 bits per heavy atom. The van der Waals surface area contributed by atoms with Crippen LogP contribution in [0, 0.1) is 0 Å². The highest BCUT2D eigenvalue weighted by molar-refractivity contribution is 14.0. The molecule has 0 radical (unpaired) electrons. The standard InChI is InChI=1S/C20H31N5.HI/c1-21-20(22-11-6-15-24-13-4-5-14-24)23-12-7-16-25-17-10-18-8-2-3-9-19(18)25;/h2-3,8-10,17H,4-7,11-16H2,1H3,(H2,21,22,23);1H. The number of hydrogen-bond donors (Lipinski definition) is 2. The molecule has 6 heteroatoms. The Labute approximate surface area is 174 Å². The lowest BCUT2D eigenvalue weighted by molar-refractivity contribution is 0.334.